The third-order valence-corrected chi connectivity index (χ3v) is 21.8. The summed E-state index contributed by atoms with van der Waals surface area (Å²) in [7, 11) is 0. The van der Waals surface area contributed by atoms with Crippen molar-refractivity contribution in [1.29, 1.82) is 0 Å². The highest BCUT2D eigenvalue weighted by Gasteiger charge is 2.37. The summed E-state index contributed by atoms with van der Waals surface area (Å²) >= 11 is 3.33. The number of fused-ring (bicyclic) bond motifs is 7. The van der Waals surface area contributed by atoms with Crippen LogP contribution in [0.15, 0.2) is 200 Å². The van der Waals surface area contributed by atoms with Gasteiger partial charge in [-0.1, -0.05) is 12.1 Å². The van der Waals surface area contributed by atoms with Crippen LogP contribution < -0.4 is 44.3 Å². The molecule has 28 heteroatoms. The second kappa shape index (κ2) is 36.8. The first-order valence-corrected chi connectivity index (χ1v) is 39.5. The molecular weight excluding hydrogens is 1500 g/mol. The van der Waals surface area contributed by atoms with Crippen molar-refractivity contribution >= 4 is 106 Å². The Morgan fingerprint density at radius 2 is 0.708 bits per heavy atom. The van der Waals surface area contributed by atoms with Gasteiger partial charge in [0.15, 0.2) is 23.0 Å². The molecule has 17 heterocycles. The van der Waals surface area contributed by atoms with Crippen LogP contribution in [0.1, 0.15) is 68.3 Å². The van der Waals surface area contributed by atoms with Crippen LogP contribution in [-0.2, 0) is 14.4 Å². The standard InChI is InChI=1S/2C28H33N5O4.C13H13N3O2.C8H5BrN2.C8H6N2/c2*34-27(19-5-6-25-26(14-19)37-13-12-36-25)24(18-32-9-1-2-10-32)31-28(35)20-7-11-33(17-20)21-15-23-22(30-16-21)4-3-8-29-23;17-13(18)9-3-5-16(8-9)10-6-12-11(15-7-10)2-1-4-14-12;9-6-4-8-7(11-5-6)2-1-3-10-8;1-3-7-8(9-5-1)4-2-6-10-7/h2*3-6,8,14-16,20,24,27,34H,1-2,7,9-13,17-18H2,(H,31,35);1-2,4,6-7,9H,3,5,8H2,(H,17,18);1-5H;1-6H/t20-,24+,27+;20-,24-,27-;;;/m01.../s1. The first-order chi connectivity index (χ1) is 55.3. The number of ether oxygens (including phenoxy) is 4. The fourth-order valence-corrected chi connectivity index (χ4v) is 15.6. The molecule has 7 atom stereocenters. The van der Waals surface area contributed by atoms with E-state index in [9.17, 15) is 24.6 Å². The van der Waals surface area contributed by atoms with Crippen LogP contribution in [-0.4, -0.2) is 210 Å². The zero-order chi connectivity index (χ0) is 77.4. The van der Waals surface area contributed by atoms with Gasteiger partial charge in [-0.25, -0.2) is 0 Å². The maximum absolute atomic E-state index is 13.4. The number of hydrogen-bond acceptors (Lipinski definition) is 24. The van der Waals surface area contributed by atoms with Gasteiger partial charge in [0.2, 0.25) is 11.8 Å². The van der Waals surface area contributed by atoms with E-state index in [0.717, 1.165) is 172 Å². The number of hydrogen-bond donors (Lipinski definition) is 5. The number of nitrogens with zero attached hydrogens (tertiary/aromatic N) is 15. The molecule has 582 valence electrons. The summed E-state index contributed by atoms with van der Waals surface area (Å²) in [6.07, 6.45) is 22.9. The number of pyridine rings is 10. The second-order valence-corrected chi connectivity index (χ2v) is 29.9. The number of halogens is 1. The van der Waals surface area contributed by atoms with E-state index in [1.54, 1.807) is 49.6 Å². The van der Waals surface area contributed by atoms with Crippen LogP contribution in [0.25, 0.3) is 55.2 Å². The van der Waals surface area contributed by atoms with Crippen LogP contribution >= 0.6 is 15.9 Å². The molecule has 2 aromatic carbocycles. The van der Waals surface area contributed by atoms with Gasteiger partial charge in [-0.3, -0.25) is 64.2 Å². The molecule has 0 bridgehead atoms. The lowest BCUT2D eigenvalue weighted by molar-refractivity contribution is -0.141. The lowest BCUT2D eigenvalue weighted by Crippen LogP contribution is -2.48. The summed E-state index contributed by atoms with van der Waals surface area (Å²) in [6.45, 7) is 11.3. The van der Waals surface area contributed by atoms with E-state index >= 15 is 0 Å². The molecule has 10 aromatic heterocycles. The largest absolute Gasteiger partial charge is 0.486 e. The van der Waals surface area contributed by atoms with Crippen LogP contribution in [0.5, 0.6) is 23.0 Å². The molecule has 5 fully saturated rings. The van der Waals surface area contributed by atoms with E-state index in [1.807, 2.05) is 146 Å². The van der Waals surface area contributed by atoms with Crippen molar-refractivity contribution in [2.75, 3.05) is 120 Å². The van der Waals surface area contributed by atoms with Gasteiger partial charge in [-0.15, -0.1) is 0 Å². The lowest BCUT2D eigenvalue weighted by atomic mass is 9.99. The number of anilines is 3. The first kappa shape index (κ1) is 76.9. The Morgan fingerprint density at radius 1 is 0.389 bits per heavy atom. The Morgan fingerprint density at radius 3 is 1.07 bits per heavy atom. The molecular formula is C85H90BrN17O10. The third-order valence-electron chi connectivity index (χ3n) is 21.4. The predicted molar refractivity (Wildman–Crippen MR) is 434 cm³/mol. The molecule has 5 N–H and O–H groups in total. The first-order valence-electron chi connectivity index (χ1n) is 38.7. The lowest BCUT2D eigenvalue weighted by Gasteiger charge is -2.30. The quantitative estimate of drug-likeness (QED) is 0.0600. The average molecular weight is 1590 g/mol. The van der Waals surface area contributed by atoms with Gasteiger partial charge < -0.3 is 69.4 Å². The number of benzene rings is 2. The number of nitrogens with one attached hydrogen (secondary N) is 2. The van der Waals surface area contributed by atoms with Crippen LogP contribution in [0.2, 0.25) is 0 Å². The molecule has 5 saturated heterocycles. The summed E-state index contributed by atoms with van der Waals surface area (Å²) in [6, 6.07) is 41.1. The number of aliphatic hydroxyl groups is 2. The molecule has 0 saturated carbocycles. The van der Waals surface area contributed by atoms with E-state index in [4.69, 9.17) is 24.1 Å². The van der Waals surface area contributed by atoms with E-state index in [2.05, 4.69) is 101 Å². The Hall–Kier alpha value is -11.4. The van der Waals surface area contributed by atoms with Gasteiger partial charge in [0, 0.05) is 100 Å². The van der Waals surface area contributed by atoms with Crippen LogP contribution in [0, 0.1) is 17.8 Å². The molecule has 113 heavy (non-hydrogen) atoms. The molecule has 27 nitrogen and oxygen atoms in total. The zero-order valence-corrected chi connectivity index (χ0v) is 64.2. The van der Waals surface area contributed by atoms with Crippen molar-refractivity contribution in [3.63, 3.8) is 0 Å². The normalized spacial score (nSPS) is 18.9. The summed E-state index contributed by atoms with van der Waals surface area (Å²) in [5.74, 6) is 1.30. The number of rotatable bonds is 16. The molecule has 1 unspecified atom stereocenters. The van der Waals surface area contributed by atoms with Crippen molar-refractivity contribution in [3.05, 3.63) is 211 Å². The van der Waals surface area contributed by atoms with Crippen molar-refractivity contribution in [3.8, 4) is 23.0 Å². The van der Waals surface area contributed by atoms with Crippen molar-refractivity contribution < 1.29 is 48.7 Å². The number of carboxylic acids is 1. The summed E-state index contributed by atoms with van der Waals surface area (Å²) in [5.41, 5.74) is 13.2. The topological polar surface area (TPSA) is 318 Å². The van der Waals surface area contributed by atoms with Crippen LogP contribution in [0.4, 0.5) is 17.1 Å². The molecule has 12 aromatic rings. The van der Waals surface area contributed by atoms with Crippen molar-refractivity contribution in [1.82, 2.24) is 70.3 Å². The fraction of sp³-hybridized carbons (Fsp3) is 0.353. The van der Waals surface area contributed by atoms with Crippen molar-refractivity contribution in [2.24, 2.45) is 17.8 Å². The van der Waals surface area contributed by atoms with E-state index in [1.165, 1.54) is 0 Å². The Kier molecular flexibility index (Phi) is 25.1. The van der Waals surface area contributed by atoms with Gasteiger partial charge >= 0.3 is 5.97 Å². The number of aliphatic hydroxyl groups excluding tert-OH is 2. The van der Waals surface area contributed by atoms with E-state index in [-0.39, 0.29) is 29.6 Å². The Balaban J connectivity index is 0.000000122. The number of aromatic nitrogens is 10. The number of likely N-dealkylation sites (tertiary alicyclic amines) is 2. The highest BCUT2D eigenvalue weighted by Crippen LogP contribution is 2.37. The minimum atomic E-state index is -0.853. The summed E-state index contributed by atoms with van der Waals surface area (Å²) in [4.78, 5) is 92.0. The highest BCUT2D eigenvalue weighted by atomic mass is 79.9. The predicted octanol–water partition coefficient (Wildman–Crippen LogP) is 10.6. The Labute approximate surface area is 661 Å². The summed E-state index contributed by atoms with van der Waals surface area (Å²) < 4.78 is 23.7. The van der Waals surface area contributed by atoms with Crippen molar-refractivity contribution in [2.45, 2.75) is 69.2 Å². The zero-order valence-electron chi connectivity index (χ0n) is 62.6. The number of carbonyl (C=O) groups excluding carboxylic acids is 2. The van der Waals surface area contributed by atoms with Gasteiger partial charge in [0.1, 0.15) is 38.6 Å². The number of carboxylic acid groups (broad SMARTS) is 1. The summed E-state index contributed by atoms with van der Waals surface area (Å²) in [5, 5.41) is 38.2. The average Bonchev–Trinajstić information content (AvgIpc) is 1.74. The number of carbonyl (C=O) groups is 3. The van der Waals surface area contributed by atoms with Gasteiger partial charge in [-0.2, -0.15) is 0 Å². The van der Waals surface area contributed by atoms with E-state index < -0.39 is 30.3 Å². The highest BCUT2D eigenvalue weighted by molar-refractivity contribution is 9.10. The molecule has 2 amide bonds. The molecule has 0 aliphatic carbocycles. The fourth-order valence-electron chi connectivity index (χ4n) is 15.3. The van der Waals surface area contributed by atoms with Gasteiger partial charge in [0.05, 0.1) is 121 Å². The molecule has 19 rings (SSSR count). The third kappa shape index (κ3) is 19.5. The minimum Gasteiger partial charge on any atom is -0.486 e. The smallest absolute Gasteiger partial charge is 0.308 e. The van der Waals surface area contributed by atoms with Gasteiger partial charge in [0.25, 0.3) is 0 Å². The van der Waals surface area contributed by atoms with E-state index in [0.29, 0.717) is 88.6 Å². The number of amides is 2. The monoisotopic (exact) mass is 1590 g/mol. The number of aliphatic carboxylic acids is 1. The SMILES string of the molecule is Brc1cnc2cccnc2c1.O=C(N[C@H](CN1CCCC1)[C@H](O)c1ccc2c(c1)OCCO2)[C@@H]1CCN(c2cnc3cccnc3c2)C1.O=C(N[C@H](CN1CCCC1)[C@H](O)c1ccc2c(c1)OCCO2)[C@H]1CCN(c2cnc3cccnc3c2)C1.O=C(O)C1CCN(c2cnc3cccnc3c2)C1.c1cnc2cccnc2c1. The molecule has 7 aliphatic heterocycles. The minimum absolute atomic E-state index is 0.0184. The van der Waals surface area contributed by atoms with Gasteiger partial charge in [-0.05, 0) is 220 Å². The molecule has 0 radical (unpaired) electrons. The van der Waals surface area contributed by atoms with Crippen LogP contribution in [0.3, 0.4) is 0 Å². The molecule has 0 spiro atoms. The molecule has 7 aliphatic rings. The maximum atomic E-state index is 13.4. The maximum Gasteiger partial charge on any atom is 0.308 e. The Bertz CT molecular complexity index is 5020. The second-order valence-electron chi connectivity index (χ2n) is 29.0.